The minimum absolute atomic E-state index is 0.127. The van der Waals surface area contributed by atoms with Crippen molar-refractivity contribution >= 4 is 0 Å². The van der Waals surface area contributed by atoms with Gasteiger partial charge in [0.05, 0.1) is 12.1 Å². The van der Waals surface area contributed by atoms with Gasteiger partial charge in [0.2, 0.25) is 0 Å². The largest absolute Gasteiger partial charge is 0.488 e. The Morgan fingerprint density at radius 1 is 1.53 bits per heavy atom. The zero-order valence-corrected chi connectivity index (χ0v) is 10.5. The maximum atomic E-state index is 12.1. The number of hydrogen-bond donors (Lipinski definition) is 1. The second kappa shape index (κ2) is 6.92. The number of rotatable bonds is 7. The highest BCUT2D eigenvalue weighted by molar-refractivity contribution is 5.32. The minimum Gasteiger partial charge on any atom is -0.488 e. The Hall–Kier alpha value is -1.85. The number of benzene rings is 1. The monoisotopic (exact) mass is 271 g/mol. The number of halogens is 2. The van der Waals surface area contributed by atoms with Crippen molar-refractivity contribution < 1.29 is 18.6 Å². The molecule has 0 saturated heterocycles. The van der Waals surface area contributed by atoms with Crippen LogP contribution in [0.2, 0.25) is 0 Å². The molecule has 1 aromatic carbocycles. The highest BCUT2D eigenvalue weighted by Gasteiger charge is 2.26. The molecule has 0 aromatic heterocycles. The van der Waals surface area contributed by atoms with Gasteiger partial charge in [-0.1, -0.05) is 24.2 Å². The zero-order valence-electron chi connectivity index (χ0n) is 10.5. The smallest absolute Gasteiger partial charge is 0.272 e. The van der Waals surface area contributed by atoms with Crippen molar-refractivity contribution in [3.05, 3.63) is 40.3 Å². The van der Waals surface area contributed by atoms with E-state index < -0.39 is 18.6 Å². The van der Waals surface area contributed by atoms with Crippen LogP contribution >= 0.6 is 0 Å². The Morgan fingerprint density at radius 2 is 2.26 bits per heavy atom. The van der Waals surface area contributed by atoms with Gasteiger partial charge in [-0.2, -0.15) is 0 Å². The van der Waals surface area contributed by atoms with Gasteiger partial charge in [-0.05, 0) is 29.6 Å². The van der Waals surface area contributed by atoms with Crippen molar-refractivity contribution in [1.29, 1.82) is 0 Å². The SMILES string of the molecule is CC[C@@](O)(CN=[N+]=[N-])c1cccc(OCC(F)F)c1. The summed E-state index contributed by atoms with van der Waals surface area (Å²) in [4.78, 5) is 2.61. The first kappa shape index (κ1) is 15.2. The van der Waals surface area contributed by atoms with E-state index in [1.54, 1.807) is 19.1 Å². The molecular weight excluding hydrogens is 256 g/mol. The lowest BCUT2D eigenvalue weighted by Gasteiger charge is -2.25. The summed E-state index contributed by atoms with van der Waals surface area (Å²) in [5, 5.41) is 13.7. The van der Waals surface area contributed by atoms with Gasteiger partial charge < -0.3 is 9.84 Å². The lowest BCUT2D eigenvalue weighted by atomic mass is 9.91. The molecule has 0 heterocycles. The van der Waals surface area contributed by atoms with Crippen molar-refractivity contribution in [2.75, 3.05) is 13.2 Å². The molecular formula is C12H15F2N3O2. The highest BCUT2D eigenvalue weighted by Crippen LogP contribution is 2.28. The molecule has 1 N–H and O–H groups in total. The molecule has 1 atom stereocenters. The predicted molar refractivity (Wildman–Crippen MR) is 66.1 cm³/mol. The second-order valence-corrected chi connectivity index (χ2v) is 4.00. The summed E-state index contributed by atoms with van der Waals surface area (Å²) in [5.41, 5.74) is 7.45. The molecule has 0 aliphatic rings. The van der Waals surface area contributed by atoms with E-state index in [9.17, 15) is 13.9 Å². The summed E-state index contributed by atoms with van der Waals surface area (Å²) < 4.78 is 29.0. The third-order valence-corrected chi connectivity index (χ3v) is 2.73. The van der Waals surface area contributed by atoms with Crippen molar-refractivity contribution in [3.8, 4) is 5.75 Å². The number of aliphatic hydroxyl groups is 1. The van der Waals surface area contributed by atoms with Crippen LogP contribution in [0.15, 0.2) is 29.4 Å². The standard InChI is InChI=1S/C12H15F2N3O2/c1-2-12(18,8-16-17-15)9-4-3-5-10(6-9)19-7-11(13)14/h3-6,11,18H,2,7-8H2,1H3/t12-/m1/s1. The van der Waals surface area contributed by atoms with Crippen LogP contribution in [-0.4, -0.2) is 24.7 Å². The number of ether oxygens (including phenoxy) is 1. The van der Waals surface area contributed by atoms with E-state index in [-0.39, 0.29) is 12.3 Å². The van der Waals surface area contributed by atoms with Crippen LogP contribution in [0.4, 0.5) is 8.78 Å². The lowest BCUT2D eigenvalue weighted by Crippen LogP contribution is -2.28. The minimum atomic E-state index is -2.56. The Labute approximate surface area is 109 Å². The van der Waals surface area contributed by atoms with Gasteiger partial charge in [0.25, 0.3) is 6.43 Å². The van der Waals surface area contributed by atoms with E-state index in [1.165, 1.54) is 12.1 Å². The molecule has 0 unspecified atom stereocenters. The molecule has 7 heteroatoms. The molecule has 1 aromatic rings. The van der Waals surface area contributed by atoms with Crippen molar-refractivity contribution in [3.63, 3.8) is 0 Å². The first-order valence-corrected chi connectivity index (χ1v) is 5.76. The van der Waals surface area contributed by atoms with Crippen LogP contribution in [0.25, 0.3) is 10.4 Å². The number of nitrogens with zero attached hydrogens (tertiary/aromatic N) is 3. The van der Waals surface area contributed by atoms with Crippen LogP contribution in [0.3, 0.4) is 0 Å². The Kier molecular flexibility index (Phi) is 5.54. The third kappa shape index (κ3) is 4.39. The second-order valence-electron chi connectivity index (χ2n) is 4.00. The summed E-state index contributed by atoms with van der Waals surface area (Å²) in [6.07, 6.45) is -2.23. The average molecular weight is 271 g/mol. The maximum Gasteiger partial charge on any atom is 0.272 e. The predicted octanol–water partition coefficient (Wildman–Crippen LogP) is 3.24. The fourth-order valence-electron chi connectivity index (χ4n) is 1.59. The normalized spacial score (nSPS) is 13.7. The van der Waals surface area contributed by atoms with Crippen LogP contribution in [0, 0.1) is 0 Å². The van der Waals surface area contributed by atoms with Crippen LogP contribution in [0.1, 0.15) is 18.9 Å². The van der Waals surface area contributed by atoms with E-state index in [2.05, 4.69) is 10.0 Å². The lowest BCUT2D eigenvalue weighted by molar-refractivity contribution is 0.0413. The Bertz CT molecular complexity index is 464. The molecule has 0 saturated carbocycles. The van der Waals surface area contributed by atoms with Gasteiger partial charge in [0.1, 0.15) is 12.4 Å². The van der Waals surface area contributed by atoms with Crippen molar-refractivity contribution in [2.45, 2.75) is 25.4 Å². The quantitative estimate of drug-likeness (QED) is 0.469. The van der Waals surface area contributed by atoms with E-state index in [1.807, 2.05) is 0 Å². The molecule has 1 rings (SSSR count). The summed E-state index contributed by atoms with van der Waals surface area (Å²) in [6, 6.07) is 6.22. The maximum absolute atomic E-state index is 12.1. The van der Waals surface area contributed by atoms with E-state index in [4.69, 9.17) is 10.3 Å². The van der Waals surface area contributed by atoms with Gasteiger partial charge in [0.15, 0.2) is 0 Å². The van der Waals surface area contributed by atoms with Gasteiger partial charge in [-0.25, -0.2) is 8.78 Å². The molecule has 0 fully saturated rings. The average Bonchev–Trinajstić information content (AvgIpc) is 2.43. The van der Waals surface area contributed by atoms with Crippen molar-refractivity contribution in [2.24, 2.45) is 5.11 Å². The van der Waals surface area contributed by atoms with Gasteiger partial charge in [-0.15, -0.1) is 0 Å². The Balaban J connectivity index is 2.92. The topological polar surface area (TPSA) is 78.2 Å². The molecule has 19 heavy (non-hydrogen) atoms. The molecule has 0 aliphatic carbocycles. The van der Waals surface area contributed by atoms with Crippen LogP contribution < -0.4 is 4.74 Å². The molecule has 0 amide bonds. The summed E-state index contributed by atoms with van der Waals surface area (Å²) in [5.74, 6) is 0.241. The zero-order chi connectivity index (χ0) is 14.3. The highest BCUT2D eigenvalue weighted by atomic mass is 19.3. The molecule has 5 nitrogen and oxygen atoms in total. The first-order valence-electron chi connectivity index (χ1n) is 5.76. The summed E-state index contributed by atoms with van der Waals surface area (Å²) >= 11 is 0. The van der Waals surface area contributed by atoms with Crippen LogP contribution in [-0.2, 0) is 5.60 Å². The molecule has 0 spiro atoms. The first-order chi connectivity index (χ1) is 9.01. The van der Waals surface area contributed by atoms with Gasteiger partial charge in [0, 0.05) is 4.91 Å². The third-order valence-electron chi connectivity index (χ3n) is 2.73. The number of azide groups is 1. The molecule has 0 aliphatic heterocycles. The van der Waals surface area contributed by atoms with Crippen molar-refractivity contribution in [1.82, 2.24) is 0 Å². The van der Waals surface area contributed by atoms with Crippen LogP contribution in [0.5, 0.6) is 5.75 Å². The van der Waals surface area contributed by atoms with Gasteiger partial charge in [-0.3, -0.25) is 0 Å². The summed E-state index contributed by atoms with van der Waals surface area (Å²) in [7, 11) is 0. The summed E-state index contributed by atoms with van der Waals surface area (Å²) in [6.45, 7) is 0.905. The number of alkyl halides is 2. The molecule has 0 radical (unpaired) electrons. The fraction of sp³-hybridized carbons (Fsp3) is 0.500. The Morgan fingerprint density at radius 3 is 2.84 bits per heavy atom. The van der Waals surface area contributed by atoms with E-state index >= 15 is 0 Å². The fourth-order valence-corrected chi connectivity index (χ4v) is 1.59. The van der Waals surface area contributed by atoms with E-state index in [0.29, 0.717) is 12.0 Å². The number of hydrogen-bond acceptors (Lipinski definition) is 3. The molecule has 0 bridgehead atoms. The molecule has 104 valence electrons. The van der Waals surface area contributed by atoms with Gasteiger partial charge >= 0.3 is 0 Å². The van der Waals surface area contributed by atoms with E-state index in [0.717, 1.165) is 0 Å².